The van der Waals surface area contributed by atoms with Gasteiger partial charge < -0.3 is 10.6 Å². The minimum Gasteiger partial charge on any atom is -0.366 e. The van der Waals surface area contributed by atoms with Crippen LogP contribution in [0.2, 0.25) is 5.02 Å². The lowest BCUT2D eigenvalue weighted by atomic mass is 10.2. The first-order valence-electron chi connectivity index (χ1n) is 4.39. The van der Waals surface area contributed by atoms with Gasteiger partial charge in [-0.3, -0.25) is 10.1 Å². The molecule has 5 nitrogen and oxygen atoms in total. The van der Waals surface area contributed by atoms with Crippen molar-refractivity contribution < 1.29 is 4.92 Å². The standard InChI is InChI=1S/C9H10ClN3O2S/c1-5-3-8(13(14)15)6(10)4-7(5)12-9(16)11-2/h3-4H,1-2H3,(H2,11,12,16). The van der Waals surface area contributed by atoms with E-state index in [0.29, 0.717) is 16.4 Å². The van der Waals surface area contributed by atoms with E-state index in [0.717, 1.165) is 0 Å². The van der Waals surface area contributed by atoms with Crippen molar-refractivity contribution in [2.24, 2.45) is 0 Å². The molecule has 0 spiro atoms. The number of hydrogen-bond donors (Lipinski definition) is 2. The number of aryl methyl sites for hydroxylation is 1. The molecular formula is C9H10ClN3O2S. The second-order valence-corrected chi connectivity index (χ2v) is 3.90. The van der Waals surface area contributed by atoms with E-state index in [1.807, 2.05) is 0 Å². The highest BCUT2D eigenvalue weighted by Crippen LogP contribution is 2.30. The molecule has 16 heavy (non-hydrogen) atoms. The zero-order valence-electron chi connectivity index (χ0n) is 8.70. The topological polar surface area (TPSA) is 67.2 Å². The van der Waals surface area contributed by atoms with Crippen LogP contribution in [0.4, 0.5) is 11.4 Å². The third kappa shape index (κ3) is 2.80. The maximum atomic E-state index is 10.6. The number of thiocarbonyl (C=S) groups is 1. The third-order valence-corrected chi connectivity index (χ3v) is 2.57. The predicted octanol–water partition coefficient (Wildman–Crippen LogP) is 2.47. The number of nitro benzene ring substituents is 1. The van der Waals surface area contributed by atoms with Crippen LogP contribution in [0.1, 0.15) is 5.56 Å². The summed E-state index contributed by atoms with van der Waals surface area (Å²) >= 11 is 10.7. The normalized spacial score (nSPS) is 9.69. The highest BCUT2D eigenvalue weighted by molar-refractivity contribution is 7.80. The predicted molar refractivity (Wildman–Crippen MR) is 68.1 cm³/mol. The maximum Gasteiger partial charge on any atom is 0.288 e. The van der Waals surface area contributed by atoms with Gasteiger partial charge in [-0.1, -0.05) is 11.6 Å². The molecule has 86 valence electrons. The molecule has 0 heterocycles. The zero-order valence-corrected chi connectivity index (χ0v) is 10.3. The second kappa shape index (κ2) is 5.09. The molecule has 0 aliphatic heterocycles. The molecule has 0 atom stereocenters. The van der Waals surface area contributed by atoms with Gasteiger partial charge in [0.2, 0.25) is 0 Å². The zero-order chi connectivity index (χ0) is 12.3. The summed E-state index contributed by atoms with van der Waals surface area (Å²) in [4.78, 5) is 10.1. The fourth-order valence-corrected chi connectivity index (χ4v) is 1.47. The Hall–Kier alpha value is -1.40. The molecule has 1 aromatic rings. The summed E-state index contributed by atoms with van der Waals surface area (Å²) in [7, 11) is 1.68. The Morgan fingerprint density at radius 2 is 2.19 bits per heavy atom. The van der Waals surface area contributed by atoms with Gasteiger partial charge in [-0.15, -0.1) is 0 Å². The minimum absolute atomic E-state index is 0.0806. The largest absolute Gasteiger partial charge is 0.366 e. The van der Waals surface area contributed by atoms with Gasteiger partial charge in [0.25, 0.3) is 5.69 Å². The molecule has 7 heteroatoms. The molecule has 0 saturated carbocycles. The second-order valence-electron chi connectivity index (χ2n) is 3.08. The number of hydrogen-bond acceptors (Lipinski definition) is 3. The van der Waals surface area contributed by atoms with Crippen LogP contribution in [0, 0.1) is 17.0 Å². The van der Waals surface area contributed by atoms with Gasteiger partial charge >= 0.3 is 0 Å². The van der Waals surface area contributed by atoms with Crippen LogP contribution in [0.25, 0.3) is 0 Å². The number of rotatable bonds is 2. The molecule has 0 unspecified atom stereocenters. The SMILES string of the molecule is CNC(=S)Nc1cc(Cl)c([N+](=O)[O-])cc1C. The summed E-state index contributed by atoms with van der Waals surface area (Å²) in [5.74, 6) is 0. The summed E-state index contributed by atoms with van der Waals surface area (Å²) in [6, 6.07) is 2.89. The molecule has 1 aromatic carbocycles. The first kappa shape index (κ1) is 12.7. The molecule has 0 saturated heterocycles. The summed E-state index contributed by atoms with van der Waals surface area (Å²) in [5.41, 5.74) is 1.24. The molecule has 0 fully saturated rings. The first-order valence-corrected chi connectivity index (χ1v) is 5.17. The van der Waals surface area contributed by atoms with E-state index in [-0.39, 0.29) is 10.7 Å². The lowest BCUT2D eigenvalue weighted by Crippen LogP contribution is -2.24. The Kier molecular flexibility index (Phi) is 4.03. The first-order chi connectivity index (χ1) is 7.45. The number of nitrogens with zero attached hydrogens (tertiary/aromatic N) is 1. The highest BCUT2D eigenvalue weighted by atomic mass is 35.5. The fraction of sp³-hybridized carbons (Fsp3) is 0.222. The van der Waals surface area contributed by atoms with E-state index in [1.165, 1.54) is 12.1 Å². The Morgan fingerprint density at radius 3 is 2.69 bits per heavy atom. The summed E-state index contributed by atoms with van der Waals surface area (Å²) in [6.45, 7) is 1.74. The molecule has 2 N–H and O–H groups in total. The molecular weight excluding hydrogens is 250 g/mol. The quantitative estimate of drug-likeness (QED) is 0.485. The van der Waals surface area contributed by atoms with Gasteiger partial charge in [-0.25, -0.2) is 0 Å². The number of halogens is 1. The fourth-order valence-electron chi connectivity index (χ4n) is 1.13. The van der Waals surface area contributed by atoms with E-state index >= 15 is 0 Å². The van der Waals surface area contributed by atoms with Crippen molar-refractivity contribution >= 4 is 40.3 Å². The van der Waals surface area contributed by atoms with Crippen molar-refractivity contribution in [3.8, 4) is 0 Å². The van der Waals surface area contributed by atoms with Crippen LogP contribution >= 0.6 is 23.8 Å². The number of nitrogens with one attached hydrogen (secondary N) is 2. The van der Waals surface area contributed by atoms with E-state index in [4.69, 9.17) is 23.8 Å². The van der Waals surface area contributed by atoms with Gasteiger partial charge in [0.05, 0.1) is 4.92 Å². The number of nitro groups is 1. The van der Waals surface area contributed by atoms with Crippen LogP contribution in [0.5, 0.6) is 0 Å². The lowest BCUT2D eigenvalue weighted by molar-refractivity contribution is -0.384. The average Bonchev–Trinajstić information content (AvgIpc) is 2.22. The molecule has 0 amide bonds. The molecule has 0 aliphatic rings. The number of benzene rings is 1. The summed E-state index contributed by atoms with van der Waals surface area (Å²) in [6.07, 6.45) is 0. The van der Waals surface area contributed by atoms with Crippen molar-refractivity contribution in [3.05, 3.63) is 32.8 Å². The summed E-state index contributed by atoms with van der Waals surface area (Å²) in [5, 5.41) is 16.8. The maximum absolute atomic E-state index is 10.6. The Balaban J connectivity index is 3.10. The molecule has 0 bridgehead atoms. The van der Waals surface area contributed by atoms with E-state index in [1.54, 1.807) is 14.0 Å². The lowest BCUT2D eigenvalue weighted by Gasteiger charge is -2.10. The van der Waals surface area contributed by atoms with Gasteiger partial charge in [-0.05, 0) is 30.8 Å². The Morgan fingerprint density at radius 1 is 1.56 bits per heavy atom. The van der Waals surface area contributed by atoms with Crippen molar-refractivity contribution in [2.45, 2.75) is 6.92 Å². The summed E-state index contributed by atoms with van der Waals surface area (Å²) < 4.78 is 0. The van der Waals surface area contributed by atoms with Crippen molar-refractivity contribution in [1.82, 2.24) is 5.32 Å². The molecule has 0 aliphatic carbocycles. The average molecular weight is 260 g/mol. The van der Waals surface area contributed by atoms with E-state index in [2.05, 4.69) is 10.6 Å². The minimum atomic E-state index is -0.518. The monoisotopic (exact) mass is 259 g/mol. The van der Waals surface area contributed by atoms with Gasteiger partial charge in [-0.2, -0.15) is 0 Å². The Labute approximate surface area is 103 Å². The van der Waals surface area contributed by atoms with Crippen molar-refractivity contribution in [3.63, 3.8) is 0 Å². The smallest absolute Gasteiger partial charge is 0.288 e. The van der Waals surface area contributed by atoms with Gasteiger partial charge in [0, 0.05) is 18.8 Å². The van der Waals surface area contributed by atoms with Crippen LogP contribution in [-0.2, 0) is 0 Å². The van der Waals surface area contributed by atoms with Crippen LogP contribution in [-0.4, -0.2) is 17.1 Å². The molecule has 0 radical (unpaired) electrons. The molecule has 1 rings (SSSR count). The van der Waals surface area contributed by atoms with Gasteiger partial charge in [0.1, 0.15) is 5.02 Å². The molecule has 0 aromatic heterocycles. The van der Waals surface area contributed by atoms with Gasteiger partial charge in [0.15, 0.2) is 5.11 Å². The van der Waals surface area contributed by atoms with Crippen LogP contribution < -0.4 is 10.6 Å². The van der Waals surface area contributed by atoms with E-state index < -0.39 is 4.92 Å². The van der Waals surface area contributed by atoms with Crippen molar-refractivity contribution in [1.29, 1.82) is 0 Å². The van der Waals surface area contributed by atoms with Crippen LogP contribution in [0.3, 0.4) is 0 Å². The van der Waals surface area contributed by atoms with E-state index in [9.17, 15) is 10.1 Å². The van der Waals surface area contributed by atoms with Crippen LogP contribution in [0.15, 0.2) is 12.1 Å². The number of anilines is 1. The Bertz CT molecular complexity index is 451. The highest BCUT2D eigenvalue weighted by Gasteiger charge is 2.15. The van der Waals surface area contributed by atoms with Crippen molar-refractivity contribution in [2.75, 3.05) is 12.4 Å². The third-order valence-electron chi connectivity index (χ3n) is 1.97.